The normalized spacial score (nSPS) is 17.2. The first-order valence-corrected chi connectivity index (χ1v) is 7.36. The maximum atomic E-state index is 11.8. The topological polar surface area (TPSA) is 35.5 Å². The van der Waals surface area contributed by atoms with Crippen LogP contribution in [0.15, 0.2) is 15.9 Å². The zero-order valence-electron chi connectivity index (χ0n) is 9.49. The number of Topliss-reactive ketones (excluding diaryl/α,β-unsaturated/α-hetero) is 1. The molecule has 17 heavy (non-hydrogen) atoms. The van der Waals surface area contributed by atoms with Crippen LogP contribution in [0.4, 0.5) is 0 Å². The molecule has 2 rings (SSSR count). The first-order valence-electron chi connectivity index (χ1n) is 5.69. The average molecular weight is 319 g/mol. The van der Waals surface area contributed by atoms with Gasteiger partial charge < -0.3 is 9.47 Å². The van der Waals surface area contributed by atoms with Gasteiger partial charge in [0, 0.05) is 17.7 Å². The lowest BCUT2D eigenvalue weighted by atomic mass is 10.0. The molecule has 1 aromatic rings. The molecule has 0 radical (unpaired) electrons. The molecule has 3 nitrogen and oxygen atoms in total. The van der Waals surface area contributed by atoms with E-state index in [0.717, 1.165) is 35.4 Å². The monoisotopic (exact) mass is 318 g/mol. The minimum atomic E-state index is 0.0546. The average Bonchev–Trinajstić information content (AvgIpc) is 2.77. The number of carbonyl (C=O) groups is 1. The van der Waals surface area contributed by atoms with Crippen molar-refractivity contribution in [2.75, 3.05) is 26.4 Å². The summed E-state index contributed by atoms with van der Waals surface area (Å²) < 4.78 is 11.6. The molecule has 0 atom stereocenters. The first-order chi connectivity index (χ1) is 8.27. The van der Waals surface area contributed by atoms with Crippen LogP contribution in [-0.2, 0) is 9.47 Å². The summed E-state index contributed by atoms with van der Waals surface area (Å²) in [6.07, 6.45) is 2.08. The van der Waals surface area contributed by atoms with Crippen molar-refractivity contribution in [2.45, 2.75) is 12.8 Å². The van der Waals surface area contributed by atoms with Crippen molar-refractivity contribution in [1.29, 1.82) is 0 Å². The minimum Gasteiger partial charge on any atom is -0.381 e. The van der Waals surface area contributed by atoms with Gasteiger partial charge in [-0.3, -0.25) is 4.79 Å². The van der Waals surface area contributed by atoms with E-state index in [9.17, 15) is 4.79 Å². The summed E-state index contributed by atoms with van der Waals surface area (Å²) in [5.41, 5.74) is 0. The Kier molecular flexibility index (Phi) is 5.16. The fraction of sp³-hybridized carbons (Fsp3) is 0.583. The van der Waals surface area contributed by atoms with E-state index in [2.05, 4.69) is 15.9 Å². The van der Waals surface area contributed by atoms with E-state index < -0.39 is 0 Å². The molecule has 2 heterocycles. The largest absolute Gasteiger partial charge is 0.381 e. The molecule has 0 aromatic carbocycles. The number of ether oxygens (including phenoxy) is 2. The SMILES string of the molecule is O=C(COCC1CCOCC1)c1sccc1Br. The van der Waals surface area contributed by atoms with E-state index in [4.69, 9.17) is 9.47 Å². The van der Waals surface area contributed by atoms with Crippen LogP contribution < -0.4 is 0 Å². The van der Waals surface area contributed by atoms with Crippen molar-refractivity contribution in [3.8, 4) is 0 Å². The summed E-state index contributed by atoms with van der Waals surface area (Å²) in [6, 6.07) is 1.89. The highest BCUT2D eigenvalue weighted by Crippen LogP contribution is 2.23. The van der Waals surface area contributed by atoms with Gasteiger partial charge in [-0.05, 0) is 46.1 Å². The molecule has 0 aliphatic carbocycles. The van der Waals surface area contributed by atoms with Gasteiger partial charge in [-0.2, -0.15) is 0 Å². The Hall–Kier alpha value is -0.230. The summed E-state index contributed by atoms with van der Waals surface area (Å²) in [4.78, 5) is 12.5. The first kappa shape index (κ1) is 13.2. The van der Waals surface area contributed by atoms with Gasteiger partial charge in [0.15, 0.2) is 5.78 Å². The Balaban J connectivity index is 1.71. The van der Waals surface area contributed by atoms with Crippen LogP contribution in [-0.4, -0.2) is 32.2 Å². The standard InChI is InChI=1S/C12H15BrO3S/c13-10-3-6-17-12(10)11(14)8-16-7-9-1-4-15-5-2-9/h3,6,9H,1-2,4-5,7-8H2. The zero-order valence-corrected chi connectivity index (χ0v) is 11.9. The number of carbonyl (C=O) groups excluding carboxylic acids is 1. The van der Waals surface area contributed by atoms with Crippen LogP contribution in [0.5, 0.6) is 0 Å². The van der Waals surface area contributed by atoms with Crippen molar-refractivity contribution >= 4 is 33.0 Å². The van der Waals surface area contributed by atoms with Gasteiger partial charge >= 0.3 is 0 Å². The number of hydrogen-bond donors (Lipinski definition) is 0. The summed E-state index contributed by atoms with van der Waals surface area (Å²) in [5.74, 6) is 0.599. The number of hydrogen-bond acceptors (Lipinski definition) is 4. The van der Waals surface area contributed by atoms with Gasteiger partial charge in [0.1, 0.15) is 6.61 Å². The smallest absolute Gasteiger partial charge is 0.199 e. The summed E-state index contributed by atoms with van der Waals surface area (Å²) >= 11 is 4.80. The van der Waals surface area contributed by atoms with Crippen molar-refractivity contribution in [1.82, 2.24) is 0 Å². The Morgan fingerprint density at radius 3 is 2.94 bits per heavy atom. The highest BCUT2D eigenvalue weighted by Gasteiger charge is 2.16. The van der Waals surface area contributed by atoms with Crippen LogP contribution >= 0.6 is 27.3 Å². The van der Waals surface area contributed by atoms with Crippen molar-refractivity contribution < 1.29 is 14.3 Å². The zero-order chi connectivity index (χ0) is 12.1. The van der Waals surface area contributed by atoms with Gasteiger partial charge in [-0.25, -0.2) is 0 Å². The number of ketones is 1. The Bertz CT molecular complexity index is 372. The number of halogens is 1. The highest BCUT2D eigenvalue weighted by atomic mass is 79.9. The molecule has 94 valence electrons. The van der Waals surface area contributed by atoms with E-state index in [1.165, 1.54) is 11.3 Å². The van der Waals surface area contributed by atoms with Crippen molar-refractivity contribution in [3.63, 3.8) is 0 Å². The lowest BCUT2D eigenvalue weighted by molar-refractivity contribution is 0.0217. The van der Waals surface area contributed by atoms with Crippen LogP contribution in [0.2, 0.25) is 0 Å². The molecule has 1 aromatic heterocycles. The van der Waals surface area contributed by atoms with E-state index in [1.54, 1.807) is 0 Å². The van der Waals surface area contributed by atoms with Crippen LogP contribution in [0.25, 0.3) is 0 Å². The molecule has 1 aliphatic heterocycles. The van der Waals surface area contributed by atoms with Gasteiger partial charge in [0.25, 0.3) is 0 Å². The molecule has 5 heteroatoms. The lowest BCUT2D eigenvalue weighted by Crippen LogP contribution is -2.21. The summed E-state index contributed by atoms with van der Waals surface area (Å²) in [6.45, 7) is 2.48. The fourth-order valence-electron chi connectivity index (χ4n) is 1.79. The third-order valence-electron chi connectivity index (χ3n) is 2.80. The maximum absolute atomic E-state index is 11.8. The molecule has 0 saturated carbocycles. The third kappa shape index (κ3) is 3.88. The predicted molar refractivity (Wildman–Crippen MR) is 70.7 cm³/mol. The van der Waals surface area contributed by atoms with Crippen molar-refractivity contribution in [3.05, 3.63) is 20.8 Å². The van der Waals surface area contributed by atoms with E-state index in [0.29, 0.717) is 12.5 Å². The predicted octanol–water partition coefficient (Wildman–Crippen LogP) is 3.14. The molecule has 0 bridgehead atoms. The van der Waals surface area contributed by atoms with E-state index in [1.807, 2.05) is 11.4 Å². The maximum Gasteiger partial charge on any atom is 0.199 e. The minimum absolute atomic E-state index is 0.0546. The van der Waals surface area contributed by atoms with Crippen LogP contribution in [0.1, 0.15) is 22.5 Å². The summed E-state index contributed by atoms with van der Waals surface area (Å²) in [5, 5.41) is 1.90. The Morgan fingerprint density at radius 1 is 1.53 bits per heavy atom. The van der Waals surface area contributed by atoms with Gasteiger partial charge in [0.05, 0.1) is 11.5 Å². The van der Waals surface area contributed by atoms with Crippen LogP contribution in [0, 0.1) is 5.92 Å². The second kappa shape index (κ2) is 6.64. The van der Waals surface area contributed by atoms with Gasteiger partial charge in [-0.1, -0.05) is 0 Å². The molecule has 0 spiro atoms. The van der Waals surface area contributed by atoms with Crippen LogP contribution in [0.3, 0.4) is 0 Å². The molecule has 1 fully saturated rings. The number of rotatable bonds is 5. The number of thiophene rings is 1. The Morgan fingerprint density at radius 2 is 2.29 bits per heavy atom. The Labute approximate surface area is 113 Å². The fourth-order valence-corrected chi connectivity index (χ4v) is 3.31. The van der Waals surface area contributed by atoms with E-state index in [-0.39, 0.29) is 12.4 Å². The quantitative estimate of drug-likeness (QED) is 0.782. The molecule has 0 unspecified atom stereocenters. The molecule has 0 N–H and O–H groups in total. The summed E-state index contributed by atoms with van der Waals surface area (Å²) in [7, 11) is 0. The lowest BCUT2D eigenvalue weighted by Gasteiger charge is -2.21. The second-order valence-electron chi connectivity index (χ2n) is 4.09. The second-order valence-corrected chi connectivity index (χ2v) is 5.86. The molecule has 1 aliphatic rings. The van der Waals surface area contributed by atoms with Gasteiger partial charge in [0.2, 0.25) is 0 Å². The molecule has 0 amide bonds. The van der Waals surface area contributed by atoms with Crippen molar-refractivity contribution in [2.24, 2.45) is 5.92 Å². The molecular formula is C12H15BrO3S. The molecule has 1 saturated heterocycles. The van der Waals surface area contributed by atoms with Gasteiger partial charge in [-0.15, -0.1) is 11.3 Å². The van der Waals surface area contributed by atoms with E-state index >= 15 is 0 Å². The highest BCUT2D eigenvalue weighted by molar-refractivity contribution is 9.10. The third-order valence-corrected chi connectivity index (χ3v) is 4.68. The molecular weight excluding hydrogens is 304 g/mol.